The van der Waals surface area contributed by atoms with Crippen molar-refractivity contribution in [2.75, 3.05) is 13.1 Å². The number of nitrogens with one attached hydrogen (secondary N) is 2. The molecule has 1 rings (SSSR count). The molecule has 0 spiro atoms. The SMILES string of the molecule is CCC1CCC(O)(CNC(C)C(=O)NCC(C)C)CC1. The molecule has 1 amide bonds. The first kappa shape index (κ1) is 17.4. The monoisotopic (exact) mass is 284 g/mol. The molecule has 1 aliphatic rings. The normalized spacial score (nSPS) is 28.4. The minimum Gasteiger partial charge on any atom is -0.389 e. The lowest BCUT2D eigenvalue weighted by Crippen LogP contribution is -2.50. The van der Waals surface area contributed by atoms with Crippen molar-refractivity contribution in [3.8, 4) is 0 Å². The predicted octanol–water partition coefficient (Wildman–Crippen LogP) is 2.07. The van der Waals surface area contributed by atoms with Crippen LogP contribution < -0.4 is 10.6 Å². The maximum absolute atomic E-state index is 11.9. The van der Waals surface area contributed by atoms with Gasteiger partial charge in [-0.1, -0.05) is 27.2 Å². The van der Waals surface area contributed by atoms with E-state index in [9.17, 15) is 9.90 Å². The molecule has 0 aromatic carbocycles. The van der Waals surface area contributed by atoms with Gasteiger partial charge in [0.15, 0.2) is 0 Å². The lowest BCUT2D eigenvalue weighted by Gasteiger charge is -2.36. The highest BCUT2D eigenvalue weighted by molar-refractivity contribution is 5.81. The molecule has 0 aromatic rings. The van der Waals surface area contributed by atoms with Crippen molar-refractivity contribution in [3.05, 3.63) is 0 Å². The van der Waals surface area contributed by atoms with Gasteiger partial charge in [0, 0.05) is 13.1 Å². The van der Waals surface area contributed by atoms with Crippen LogP contribution in [0.1, 0.15) is 59.8 Å². The van der Waals surface area contributed by atoms with Gasteiger partial charge in [0.25, 0.3) is 0 Å². The van der Waals surface area contributed by atoms with Gasteiger partial charge in [0.2, 0.25) is 5.91 Å². The summed E-state index contributed by atoms with van der Waals surface area (Å²) >= 11 is 0. The third kappa shape index (κ3) is 5.80. The second-order valence-electron chi connectivity index (χ2n) is 6.82. The van der Waals surface area contributed by atoms with Crippen LogP contribution in [0.3, 0.4) is 0 Å². The van der Waals surface area contributed by atoms with E-state index in [0.717, 1.165) is 31.6 Å². The molecular weight excluding hydrogens is 252 g/mol. The second-order valence-corrected chi connectivity index (χ2v) is 6.82. The number of hydrogen-bond acceptors (Lipinski definition) is 3. The van der Waals surface area contributed by atoms with E-state index in [4.69, 9.17) is 0 Å². The molecule has 1 fully saturated rings. The Morgan fingerprint density at radius 1 is 1.30 bits per heavy atom. The van der Waals surface area contributed by atoms with Crippen LogP contribution in [0.4, 0.5) is 0 Å². The Morgan fingerprint density at radius 3 is 2.40 bits per heavy atom. The number of carbonyl (C=O) groups is 1. The third-order valence-corrected chi connectivity index (χ3v) is 4.43. The fraction of sp³-hybridized carbons (Fsp3) is 0.938. The van der Waals surface area contributed by atoms with E-state index >= 15 is 0 Å². The minimum atomic E-state index is -0.627. The van der Waals surface area contributed by atoms with Gasteiger partial charge in [0.1, 0.15) is 0 Å². The lowest BCUT2D eigenvalue weighted by molar-refractivity contribution is -0.123. The fourth-order valence-corrected chi connectivity index (χ4v) is 2.69. The Bertz CT molecular complexity index is 297. The molecule has 0 aromatic heterocycles. The van der Waals surface area contributed by atoms with Crippen LogP contribution in [-0.4, -0.2) is 35.7 Å². The molecule has 20 heavy (non-hydrogen) atoms. The number of hydrogen-bond donors (Lipinski definition) is 3. The Kier molecular flexibility index (Phi) is 6.96. The molecule has 1 saturated carbocycles. The van der Waals surface area contributed by atoms with E-state index in [1.54, 1.807) is 0 Å². The van der Waals surface area contributed by atoms with Crippen LogP contribution in [0.5, 0.6) is 0 Å². The molecule has 3 N–H and O–H groups in total. The molecule has 1 atom stereocenters. The van der Waals surface area contributed by atoms with E-state index in [1.807, 2.05) is 6.92 Å². The summed E-state index contributed by atoms with van der Waals surface area (Å²) in [5.41, 5.74) is -0.627. The lowest BCUT2D eigenvalue weighted by atomic mass is 9.78. The predicted molar refractivity (Wildman–Crippen MR) is 82.5 cm³/mol. The van der Waals surface area contributed by atoms with Crippen molar-refractivity contribution < 1.29 is 9.90 Å². The average molecular weight is 284 g/mol. The van der Waals surface area contributed by atoms with Crippen LogP contribution in [0.25, 0.3) is 0 Å². The molecule has 118 valence electrons. The Balaban J connectivity index is 2.29. The molecule has 1 aliphatic carbocycles. The topological polar surface area (TPSA) is 61.4 Å². The van der Waals surface area contributed by atoms with Gasteiger partial charge in [-0.15, -0.1) is 0 Å². The summed E-state index contributed by atoms with van der Waals surface area (Å²) in [7, 11) is 0. The van der Waals surface area contributed by atoms with Gasteiger partial charge in [-0.05, 0) is 44.4 Å². The van der Waals surface area contributed by atoms with E-state index < -0.39 is 5.60 Å². The van der Waals surface area contributed by atoms with Crippen LogP contribution >= 0.6 is 0 Å². The van der Waals surface area contributed by atoms with Crippen LogP contribution in [0.2, 0.25) is 0 Å². The highest BCUT2D eigenvalue weighted by atomic mass is 16.3. The van der Waals surface area contributed by atoms with Gasteiger partial charge in [0.05, 0.1) is 11.6 Å². The Morgan fingerprint density at radius 2 is 1.90 bits per heavy atom. The van der Waals surface area contributed by atoms with Gasteiger partial charge in [-0.2, -0.15) is 0 Å². The third-order valence-electron chi connectivity index (χ3n) is 4.43. The molecule has 4 heteroatoms. The molecule has 0 bridgehead atoms. The fourth-order valence-electron chi connectivity index (χ4n) is 2.69. The zero-order valence-electron chi connectivity index (χ0n) is 13.5. The number of amides is 1. The quantitative estimate of drug-likeness (QED) is 0.670. The van der Waals surface area contributed by atoms with Crippen molar-refractivity contribution in [1.82, 2.24) is 10.6 Å². The van der Waals surface area contributed by atoms with Crippen molar-refractivity contribution in [2.45, 2.75) is 71.4 Å². The summed E-state index contributed by atoms with van der Waals surface area (Å²) in [6, 6.07) is -0.248. The summed E-state index contributed by atoms with van der Waals surface area (Å²) in [4.78, 5) is 11.9. The molecule has 4 nitrogen and oxygen atoms in total. The molecular formula is C16H32N2O2. The Hall–Kier alpha value is -0.610. The highest BCUT2D eigenvalue weighted by Crippen LogP contribution is 2.33. The van der Waals surface area contributed by atoms with Crippen molar-refractivity contribution >= 4 is 5.91 Å². The zero-order valence-corrected chi connectivity index (χ0v) is 13.5. The number of rotatable bonds is 7. The smallest absolute Gasteiger partial charge is 0.236 e. The summed E-state index contributed by atoms with van der Waals surface area (Å²) < 4.78 is 0. The van der Waals surface area contributed by atoms with Crippen LogP contribution in [-0.2, 0) is 4.79 Å². The van der Waals surface area contributed by atoms with Gasteiger partial charge >= 0.3 is 0 Å². The second kappa shape index (κ2) is 7.99. The van der Waals surface area contributed by atoms with Crippen molar-refractivity contribution in [2.24, 2.45) is 11.8 Å². The van der Waals surface area contributed by atoms with Crippen molar-refractivity contribution in [1.29, 1.82) is 0 Å². The molecule has 1 unspecified atom stereocenters. The van der Waals surface area contributed by atoms with Crippen molar-refractivity contribution in [3.63, 3.8) is 0 Å². The number of aliphatic hydroxyl groups is 1. The van der Waals surface area contributed by atoms with Crippen LogP contribution in [0.15, 0.2) is 0 Å². The highest BCUT2D eigenvalue weighted by Gasteiger charge is 2.33. The van der Waals surface area contributed by atoms with E-state index in [0.29, 0.717) is 19.0 Å². The van der Waals surface area contributed by atoms with Gasteiger partial charge in [-0.3, -0.25) is 4.79 Å². The Labute approximate surface area is 123 Å². The maximum Gasteiger partial charge on any atom is 0.236 e. The summed E-state index contributed by atoms with van der Waals surface area (Å²) in [5, 5.41) is 16.6. The molecule has 0 radical (unpaired) electrons. The molecule has 0 heterocycles. The van der Waals surface area contributed by atoms with Gasteiger partial charge < -0.3 is 15.7 Å². The molecule has 0 saturated heterocycles. The van der Waals surface area contributed by atoms with E-state index in [2.05, 4.69) is 31.4 Å². The largest absolute Gasteiger partial charge is 0.389 e. The summed E-state index contributed by atoms with van der Waals surface area (Å²) in [6.45, 7) is 9.44. The van der Waals surface area contributed by atoms with Crippen LogP contribution in [0, 0.1) is 11.8 Å². The standard InChI is InChI=1S/C16H32N2O2/c1-5-14-6-8-16(20,9-7-14)11-18-13(4)15(19)17-10-12(2)3/h12-14,18,20H,5-11H2,1-4H3,(H,17,19). The maximum atomic E-state index is 11.9. The first-order chi connectivity index (χ1) is 9.36. The molecule has 0 aliphatic heterocycles. The first-order valence-corrected chi connectivity index (χ1v) is 8.09. The number of carbonyl (C=O) groups excluding carboxylic acids is 1. The zero-order chi connectivity index (χ0) is 15.2. The summed E-state index contributed by atoms with van der Waals surface area (Å²) in [5.74, 6) is 1.24. The minimum absolute atomic E-state index is 0.0181. The van der Waals surface area contributed by atoms with E-state index in [-0.39, 0.29) is 11.9 Å². The summed E-state index contributed by atoms with van der Waals surface area (Å²) in [6.07, 6.45) is 5.10. The first-order valence-electron chi connectivity index (χ1n) is 8.09. The van der Waals surface area contributed by atoms with E-state index in [1.165, 1.54) is 6.42 Å². The van der Waals surface area contributed by atoms with Gasteiger partial charge in [-0.25, -0.2) is 0 Å². The average Bonchev–Trinajstić information content (AvgIpc) is 2.43.